The van der Waals surface area contributed by atoms with Crippen LogP contribution in [0.25, 0.3) is 0 Å². The maximum atomic E-state index is 13.3. The molecule has 110 valence electrons. The molecule has 6 heteroatoms. The maximum absolute atomic E-state index is 13.3. The monoisotopic (exact) mass is 281 g/mol. The van der Waals surface area contributed by atoms with E-state index in [1.165, 1.54) is 12.3 Å². The standard InChI is InChI=1S/C14H20FN3O2/c15-12-5-11(7-17-8-12)13(18-16)10-1-3-20-14(6-10)2-4-19-9-14/h5,7-8,10,13,18H,1-4,6,9,16H2. The molecular formula is C14H20FN3O2. The van der Waals surface area contributed by atoms with E-state index in [1.54, 1.807) is 6.20 Å². The normalized spacial score (nSPS) is 31.6. The number of rotatable bonds is 3. The molecule has 2 saturated heterocycles. The van der Waals surface area contributed by atoms with Crippen LogP contribution in [0.4, 0.5) is 4.39 Å². The Morgan fingerprint density at radius 3 is 3.05 bits per heavy atom. The molecule has 0 saturated carbocycles. The number of aromatic nitrogens is 1. The number of pyridine rings is 1. The van der Waals surface area contributed by atoms with Crippen LogP contribution in [-0.4, -0.2) is 30.4 Å². The molecule has 2 fully saturated rings. The molecule has 1 aromatic heterocycles. The number of hydrogen-bond donors (Lipinski definition) is 2. The van der Waals surface area contributed by atoms with Crippen LogP contribution in [0, 0.1) is 11.7 Å². The molecule has 5 nitrogen and oxygen atoms in total. The summed E-state index contributed by atoms with van der Waals surface area (Å²) < 4.78 is 24.8. The fraction of sp³-hybridized carbons (Fsp3) is 0.643. The number of nitrogens with one attached hydrogen (secondary N) is 1. The number of hydrazine groups is 1. The van der Waals surface area contributed by atoms with Gasteiger partial charge in [0.25, 0.3) is 0 Å². The highest BCUT2D eigenvalue weighted by Gasteiger charge is 2.43. The van der Waals surface area contributed by atoms with E-state index < -0.39 is 0 Å². The summed E-state index contributed by atoms with van der Waals surface area (Å²) in [5.41, 5.74) is 3.42. The molecule has 2 aliphatic heterocycles. The van der Waals surface area contributed by atoms with E-state index >= 15 is 0 Å². The first kappa shape index (κ1) is 13.9. The van der Waals surface area contributed by atoms with Crippen molar-refractivity contribution in [2.45, 2.75) is 30.9 Å². The van der Waals surface area contributed by atoms with Crippen molar-refractivity contribution >= 4 is 0 Å². The molecule has 0 amide bonds. The Bertz CT molecular complexity index is 465. The second-order valence-electron chi connectivity index (χ2n) is 5.67. The van der Waals surface area contributed by atoms with E-state index in [-0.39, 0.29) is 17.5 Å². The molecule has 3 rings (SSSR count). The maximum Gasteiger partial charge on any atom is 0.141 e. The van der Waals surface area contributed by atoms with Crippen LogP contribution in [0.15, 0.2) is 18.5 Å². The van der Waals surface area contributed by atoms with Gasteiger partial charge in [0.05, 0.1) is 24.4 Å². The number of hydrogen-bond acceptors (Lipinski definition) is 5. The third-order valence-electron chi connectivity index (χ3n) is 4.33. The van der Waals surface area contributed by atoms with Gasteiger partial charge in [-0.25, -0.2) is 4.39 Å². The Hall–Kier alpha value is -1.08. The molecule has 3 unspecified atom stereocenters. The highest BCUT2D eigenvalue weighted by Crippen LogP contribution is 2.40. The summed E-state index contributed by atoms with van der Waals surface area (Å²) in [7, 11) is 0. The molecule has 2 aliphatic rings. The molecule has 1 spiro atoms. The summed E-state index contributed by atoms with van der Waals surface area (Å²) >= 11 is 0. The molecule has 0 aliphatic carbocycles. The van der Waals surface area contributed by atoms with Gasteiger partial charge in [-0.3, -0.25) is 16.3 Å². The third-order valence-corrected chi connectivity index (χ3v) is 4.33. The Labute approximate surface area is 117 Å². The zero-order valence-electron chi connectivity index (χ0n) is 11.3. The first-order valence-electron chi connectivity index (χ1n) is 7.01. The van der Waals surface area contributed by atoms with Crippen LogP contribution in [0.2, 0.25) is 0 Å². The van der Waals surface area contributed by atoms with Gasteiger partial charge in [0.1, 0.15) is 5.82 Å². The summed E-state index contributed by atoms with van der Waals surface area (Å²) in [6.45, 7) is 2.08. The number of nitrogens with zero attached hydrogens (tertiary/aromatic N) is 1. The van der Waals surface area contributed by atoms with Gasteiger partial charge >= 0.3 is 0 Å². The second-order valence-corrected chi connectivity index (χ2v) is 5.67. The summed E-state index contributed by atoms with van der Waals surface area (Å²) in [6, 6.07) is 1.38. The highest BCUT2D eigenvalue weighted by atomic mass is 19.1. The molecule has 3 N–H and O–H groups in total. The lowest BCUT2D eigenvalue weighted by Gasteiger charge is -2.40. The van der Waals surface area contributed by atoms with Crippen molar-refractivity contribution in [2.75, 3.05) is 19.8 Å². The molecule has 20 heavy (non-hydrogen) atoms. The van der Waals surface area contributed by atoms with Crippen LogP contribution >= 0.6 is 0 Å². The largest absolute Gasteiger partial charge is 0.378 e. The number of halogens is 1. The summed E-state index contributed by atoms with van der Waals surface area (Å²) in [6.07, 6.45) is 5.56. The van der Waals surface area contributed by atoms with Gasteiger partial charge in [0.15, 0.2) is 0 Å². The lowest BCUT2D eigenvalue weighted by Crippen LogP contribution is -2.45. The van der Waals surface area contributed by atoms with Crippen molar-refractivity contribution < 1.29 is 13.9 Å². The van der Waals surface area contributed by atoms with Gasteiger partial charge in [-0.2, -0.15) is 0 Å². The van der Waals surface area contributed by atoms with E-state index in [9.17, 15) is 4.39 Å². The van der Waals surface area contributed by atoms with Crippen molar-refractivity contribution in [3.8, 4) is 0 Å². The van der Waals surface area contributed by atoms with E-state index in [0.717, 1.165) is 31.4 Å². The Morgan fingerprint density at radius 2 is 2.35 bits per heavy atom. The molecule has 0 bridgehead atoms. The second kappa shape index (κ2) is 5.73. The predicted molar refractivity (Wildman–Crippen MR) is 71.1 cm³/mol. The van der Waals surface area contributed by atoms with Crippen molar-refractivity contribution in [1.29, 1.82) is 0 Å². The lowest BCUT2D eigenvalue weighted by atomic mass is 9.79. The molecule has 3 heterocycles. The molecule has 3 atom stereocenters. The summed E-state index contributed by atoms with van der Waals surface area (Å²) in [5.74, 6) is 5.65. The fourth-order valence-electron chi connectivity index (χ4n) is 3.32. The first-order valence-corrected chi connectivity index (χ1v) is 7.01. The molecule has 0 aromatic carbocycles. The van der Waals surface area contributed by atoms with Gasteiger partial charge in [0.2, 0.25) is 0 Å². The van der Waals surface area contributed by atoms with Gasteiger partial charge in [-0.05, 0) is 30.4 Å². The SMILES string of the molecule is NNC(c1cncc(F)c1)C1CCOC2(CCOC2)C1. The summed E-state index contributed by atoms with van der Waals surface area (Å²) in [5, 5.41) is 0. The zero-order chi connectivity index (χ0) is 14.0. The minimum Gasteiger partial charge on any atom is -0.378 e. The van der Waals surface area contributed by atoms with Crippen molar-refractivity contribution in [1.82, 2.24) is 10.4 Å². The molecule has 1 aromatic rings. The summed E-state index contributed by atoms with van der Waals surface area (Å²) in [4.78, 5) is 3.91. The van der Waals surface area contributed by atoms with Crippen molar-refractivity contribution in [3.05, 3.63) is 29.8 Å². The quantitative estimate of drug-likeness (QED) is 0.646. The average molecular weight is 281 g/mol. The zero-order valence-corrected chi connectivity index (χ0v) is 11.3. The van der Waals surface area contributed by atoms with Gasteiger partial charge < -0.3 is 9.47 Å². The number of ether oxygens (including phenoxy) is 2. The van der Waals surface area contributed by atoms with Crippen LogP contribution < -0.4 is 11.3 Å². The third kappa shape index (κ3) is 2.69. The van der Waals surface area contributed by atoms with E-state index in [2.05, 4.69) is 10.4 Å². The Kier molecular flexibility index (Phi) is 3.98. The topological polar surface area (TPSA) is 69.4 Å². The fourth-order valence-corrected chi connectivity index (χ4v) is 3.32. The lowest BCUT2D eigenvalue weighted by molar-refractivity contribution is -0.103. The number of nitrogens with two attached hydrogens (primary N) is 1. The van der Waals surface area contributed by atoms with E-state index in [1.807, 2.05) is 0 Å². The highest BCUT2D eigenvalue weighted by molar-refractivity contribution is 5.16. The van der Waals surface area contributed by atoms with Crippen LogP contribution in [0.3, 0.4) is 0 Å². The minimum absolute atomic E-state index is 0.112. The Morgan fingerprint density at radius 1 is 1.45 bits per heavy atom. The van der Waals surface area contributed by atoms with Gasteiger partial charge in [-0.15, -0.1) is 0 Å². The average Bonchev–Trinajstić information content (AvgIpc) is 2.88. The van der Waals surface area contributed by atoms with Gasteiger partial charge in [-0.1, -0.05) is 0 Å². The van der Waals surface area contributed by atoms with E-state index in [0.29, 0.717) is 19.1 Å². The minimum atomic E-state index is -0.339. The van der Waals surface area contributed by atoms with Crippen LogP contribution in [0.1, 0.15) is 30.9 Å². The predicted octanol–water partition coefficient (Wildman–Crippen LogP) is 1.31. The van der Waals surface area contributed by atoms with E-state index in [4.69, 9.17) is 15.3 Å². The van der Waals surface area contributed by atoms with Crippen molar-refractivity contribution in [2.24, 2.45) is 11.8 Å². The van der Waals surface area contributed by atoms with Crippen LogP contribution in [0.5, 0.6) is 0 Å². The van der Waals surface area contributed by atoms with Crippen LogP contribution in [-0.2, 0) is 9.47 Å². The first-order chi connectivity index (χ1) is 9.72. The molecular weight excluding hydrogens is 261 g/mol. The van der Waals surface area contributed by atoms with Gasteiger partial charge in [0, 0.05) is 25.8 Å². The Balaban J connectivity index is 1.78. The van der Waals surface area contributed by atoms with Crippen molar-refractivity contribution in [3.63, 3.8) is 0 Å². The molecule has 0 radical (unpaired) electrons. The smallest absolute Gasteiger partial charge is 0.141 e.